The highest BCUT2D eigenvalue weighted by molar-refractivity contribution is 6.31. The summed E-state index contributed by atoms with van der Waals surface area (Å²) in [7, 11) is 0. The van der Waals surface area contributed by atoms with E-state index in [9.17, 15) is 9.59 Å². The molecule has 0 heterocycles. The maximum Gasteiger partial charge on any atom is 0.404 e. The predicted molar refractivity (Wildman–Crippen MR) is 72.6 cm³/mol. The van der Waals surface area contributed by atoms with E-state index in [-0.39, 0.29) is 17.6 Å². The van der Waals surface area contributed by atoms with Crippen molar-refractivity contribution in [2.24, 2.45) is 5.92 Å². The Morgan fingerprint density at radius 1 is 1.42 bits per heavy atom. The van der Waals surface area contributed by atoms with E-state index in [2.05, 4.69) is 5.32 Å². The van der Waals surface area contributed by atoms with Gasteiger partial charge in [-0.3, -0.25) is 4.79 Å². The Labute approximate surface area is 116 Å². The van der Waals surface area contributed by atoms with Crippen LogP contribution in [-0.2, 0) is 4.79 Å². The van der Waals surface area contributed by atoms with Gasteiger partial charge in [0.05, 0.1) is 0 Å². The first-order valence-electron chi connectivity index (χ1n) is 6.32. The molecule has 1 aliphatic rings. The van der Waals surface area contributed by atoms with Gasteiger partial charge in [0.15, 0.2) is 0 Å². The molecule has 102 valence electrons. The van der Waals surface area contributed by atoms with Crippen molar-refractivity contribution in [3.05, 3.63) is 34.9 Å². The average molecular weight is 282 g/mol. The number of carboxylic acid groups (broad SMARTS) is 1. The van der Waals surface area contributed by atoms with E-state index >= 15 is 0 Å². The molecule has 1 fully saturated rings. The van der Waals surface area contributed by atoms with Crippen LogP contribution in [0.15, 0.2) is 24.3 Å². The molecular weight excluding hydrogens is 266 g/mol. The summed E-state index contributed by atoms with van der Waals surface area (Å²) in [6, 6.07) is 7.36. The van der Waals surface area contributed by atoms with Crippen LogP contribution in [0.1, 0.15) is 30.7 Å². The number of rotatable bonds is 3. The SMILES string of the molecule is O=C(O)NCC1CCC(=O)C(c2ccccc2Cl)C1. The van der Waals surface area contributed by atoms with Gasteiger partial charge >= 0.3 is 6.09 Å². The summed E-state index contributed by atoms with van der Waals surface area (Å²) in [6.07, 6.45) is 0.858. The molecule has 0 aliphatic heterocycles. The smallest absolute Gasteiger partial charge is 0.404 e. The van der Waals surface area contributed by atoms with Gasteiger partial charge in [-0.15, -0.1) is 0 Å². The van der Waals surface area contributed by atoms with Crippen LogP contribution in [0.5, 0.6) is 0 Å². The Kier molecular flexibility index (Phi) is 4.43. The molecule has 2 N–H and O–H groups in total. The second-order valence-electron chi connectivity index (χ2n) is 4.87. The molecule has 2 rings (SSSR count). The molecule has 2 atom stereocenters. The summed E-state index contributed by atoms with van der Waals surface area (Å²) >= 11 is 6.14. The molecule has 1 amide bonds. The van der Waals surface area contributed by atoms with E-state index in [1.54, 1.807) is 6.07 Å². The van der Waals surface area contributed by atoms with Crippen molar-refractivity contribution >= 4 is 23.5 Å². The molecule has 0 radical (unpaired) electrons. The molecule has 0 bridgehead atoms. The first kappa shape index (κ1) is 13.9. The van der Waals surface area contributed by atoms with Crippen molar-refractivity contribution in [3.8, 4) is 0 Å². The highest BCUT2D eigenvalue weighted by Gasteiger charge is 2.31. The Morgan fingerprint density at radius 3 is 2.84 bits per heavy atom. The number of carbonyl (C=O) groups excluding carboxylic acids is 1. The van der Waals surface area contributed by atoms with E-state index < -0.39 is 6.09 Å². The maximum absolute atomic E-state index is 12.0. The van der Waals surface area contributed by atoms with Gasteiger partial charge in [-0.1, -0.05) is 29.8 Å². The van der Waals surface area contributed by atoms with E-state index in [1.807, 2.05) is 18.2 Å². The van der Waals surface area contributed by atoms with E-state index in [4.69, 9.17) is 16.7 Å². The third-order valence-electron chi connectivity index (χ3n) is 3.58. The van der Waals surface area contributed by atoms with Gasteiger partial charge in [0.2, 0.25) is 0 Å². The summed E-state index contributed by atoms with van der Waals surface area (Å²) in [6.45, 7) is 0.392. The zero-order valence-corrected chi connectivity index (χ0v) is 11.2. The van der Waals surface area contributed by atoms with Crippen molar-refractivity contribution < 1.29 is 14.7 Å². The lowest BCUT2D eigenvalue weighted by atomic mass is 9.77. The van der Waals surface area contributed by atoms with Crippen molar-refractivity contribution in [2.45, 2.75) is 25.2 Å². The summed E-state index contributed by atoms with van der Waals surface area (Å²) in [5.74, 6) is 0.179. The summed E-state index contributed by atoms with van der Waals surface area (Å²) in [5, 5.41) is 11.6. The number of hydrogen-bond acceptors (Lipinski definition) is 2. The van der Waals surface area contributed by atoms with Crippen LogP contribution in [0.2, 0.25) is 5.02 Å². The fourth-order valence-corrected chi connectivity index (χ4v) is 2.85. The largest absolute Gasteiger partial charge is 0.465 e. The molecule has 1 aliphatic carbocycles. The minimum absolute atomic E-state index is 0.190. The van der Waals surface area contributed by atoms with Gasteiger partial charge in [-0.2, -0.15) is 0 Å². The first-order valence-corrected chi connectivity index (χ1v) is 6.69. The first-order chi connectivity index (χ1) is 9.08. The maximum atomic E-state index is 12.0. The Morgan fingerprint density at radius 2 is 2.16 bits per heavy atom. The predicted octanol–water partition coefficient (Wildman–Crippen LogP) is 3.06. The highest BCUT2D eigenvalue weighted by atomic mass is 35.5. The minimum Gasteiger partial charge on any atom is -0.465 e. The van der Waals surface area contributed by atoms with E-state index in [1.165, 1.54) is 0 Å². The number of nitrogens with one attached hydrogen (secondary N) is 1. The normalized spacial score (nSPS) is 23.1. The summed E-state index contributed by atoms with van der Waals surface area (Å²) in [5.41, 5.74) is 0.856. The lowest BCUT2D eigenvalue weighted by molar-refractivity contribution is -0.122. The molecule has 2 unspecified atom stereocenters. The second kappa shape index (κ2) is 6.06. The third kappa shape index (κ3) is 3.47. The highest BCUT2D eigenvalue weighted by Crippen LogP contribution is 2.36. The summed E-state index contributed by atoms with van der Waals surface area (Å²) in [4.78, 5) is 22.5. The van der Waals surface area contributed by atoms with Crippen LogP contribution >= 0.6 is 11.6 Å². The van der Waals surface area contributed by atoms with E-state index in [0.29, 0.717) is 24.4 Å². The monoisotopic (exact) mass is 281 g/mol. The number of halogens is 1. The van der Waals surface area contributed by atoms with Crippen molar-refractivity contribution in [1.82, 2.24) is 5.32 Å². The number of hydrogen-bond donors (Lipinski definition) is 2. The fourth-order valence-electron chi connectivity index (χ4n) is 2.58. The molecule has 0 aromatic heterocycles. The van der Waals surface area contributed by atoms with Crippen LogP contribution in [0.4, 0.5) is 4.79 Å². The Balaban J connectivity index is 2.09. The van der Waals surface area contributed by atoms with Crippen LogP contribution in [0, 0.1) is 5.92 Å². The molecule has 5 heteroatoms. The Bertz CT molecular complexity index is 489. The molecule has 19 heavy (non-hydrogen) atoms. The molecule has 0 spiro atoms. The molecule has 4 nitrogen and oxygen atoms in total. The molecule has 1 saturated carbocycles. The topological polar surface area (TPSA) is 66.4 Å². The van der Waals surface area contributed by atoms with Crippen molar-refractivity contribution in [3.63, 3.8) is 0 Å². The van der Waals surface area contributed by atoms with Crippen molar-refractivity contribution in [2.75, 3.05) is 6.54 Å². The van der Waals surface area contributed by atoms with Crippen molar-refractivity contribution in [1.29, 1.82) is 0 Å². The molecule has 1 aromatic carbocycles. The summed E-state index contributed by atoms with van der Waals surface area (Å²) < 4.78 is 0. The number of Topliss-reactive ketones (excluding diaryl/α,β-unsaturated/α-hetero) is 1. The van der Waals surface area contributed by atoms with Gasteiger partial charge in [0.1, 0.15) is 5.78 Å². The van der Waals surface area contributed by atoms with E-state index in [0.717, 1.165) is 12.0 Å². The minimum atomic E-state index is -1.02. The van der Waals surface area contributed by atoms with Gasteiger partial charge in [-0.25, -0.2) is 4.79 Å². The van der Waals surface area contributed by atoms with Gasteiger partial charge in [0.25, 0.3) is 0 Å². The molecule has 1 aromatic rings. The average Bonchev–Trinajstić information content (AvgIpc) is 2.38. The molecular formula is C14H16ClNO3. The quantitative estimate of drug-likeness (QED) is 0.895. The fraction of sp³-hybridized carbons (Fsp3) is 0.429. The number of ketones is 1. The Hall–Kier alpha value is -1.55. The van der Waals surface area contributed by atoms with Gasteiger partial charge in [-0.05, 0) is 30.4 Å². The molecule has 0 saturated heterocycles. The second-order valence-corrected chi connectivity index (χ2v) is 5.27. The van der Waals surface area contributed by atoms with Crippen LogP contribution in [-0.4, -0.2) is 23.5 Å². The lowest BCUT2D eigenvalue weighted by Crippen LogP contribution is -2.33. The number of amides is 1. The van der Waals surface area contributed by atoms with Crippen LogP contribution in [0.3, 0.4) is 0 Å². The standard InChI is InChI=1S/C14H16ClNO3/c15-12-4-2-1-3-10(12)11-7-9(5-6-13(11)17)8-16-14(18)19/h1-4,9,11,16H,5-8H2,(H,18,19). The van der Waals surface area contributed by atoms with Gasteiger partial charge < -0.3 is 10.4 Å². The number of benzene rings is 1. The lowest BCUT2D eigenvalue weighted by Gasteiger charge is -2.28. The third-order valence-corrected chi connectivity index (χ3v) is 3.92. The van der Waals surface area contributed by atoms with Crippen LogP contribution in [0.25, 0.3) is 0 Å². The van der Waals surface area contributed by atoms with Gasteiger partial charge in [0, 0.05) is 23.9 Å². The van der Waals surface area contributed by atoms with Crippen LogP contribution < -0.4 is 5.32 Å². The number of carbonyl (C=O) groups is 2. The zero-order valence-electron chi connectivity index (χ0n) is 10.4. The zero-order chi connectivity index (χ0) is 13.8.